The molecule has 0 N–H and O–H groups in total. The lowest BCUT2D eigenvalue weighted by Gasteiger charge is -2.27. The highest BCUT2D eigenvalue weighted by Crippen LogP contribution is 2.48. The van der Waals surface area contributed by atoms with E-state index in [0.717, 1.165) is 35.8 Å². The normalized spacial score (nSPS) is 18.2. The molecule has 1 aliphatic rings. The van der Waals surface area contributed by atoms with Crippen molar-refractivity contribution in [2.75, 3.05) is 19.0 Å². The molecule has 1 aromatic carbocycles. The summed E-state index contributed by atoms with van der Waals surface area (Å²) >= 11 is 3.65. The minimum absolute atomic E-state index is 0.395. The fourth-order valence-electron chi connectivity index (χ4n) is 2.23. The van der Waals surface area contributed by atoms with Gasteiger partial charge in [0, 0.05) is 5.33 Å². The minimum atomic E-state index is 0.395. The van der Waals surface area contributed by atoms with E-state index in [0.29, 0.717) is 5.41 Å². The van der Waals surface area contributed by atoms with Crippen LogP contribution in [0, 0.1) is 11.3 Å². The van der Waals surface area contributed by atoms with Crippen molar-refractivity contribution in [1.82, 2.24) is 0 Å². The van der Waals surface area contributed by atoms with Gasteiger partial charge in [-0.1, -0.05) is 22.9 Å². The molecule has 1 fully saturated rings. The fraction of sp³-hybridized carbons (Fsp3) is 0.600. The molecular weight excluding hydrogens is 292 g/mol. The quantitative estimate of drug-likeness (QED) is 0.700. The van der Waals surface area contributed by atoms with Crippen LogP contribution < -0.4 is 9.47 Å². The smallest absolute Gasteiger partial charge is 0.119 e. The zero-order chi connectivity index (χ0) is 13.0. The third kappa shape index (κ3) is 3.41. The molecule has 2 rings (SSSR count). The van der Waals surface area contributed by atoms with Crippen LogP contribution in [0.25, 0.3) is 0 Å². The summed E-state index contributed by atoms with van der Waals surface area (Å²) in [5.74, 6) is 2.67. The molecule has 18 heavy (non-hydrogen) atoms. The van der Waals surface area contributed by atoms with Crippen molar-refractivity contribution in [2.24, 2.45) is 11.3 Å². The van der Waals surface area contributed by atoms with E-state index in [1.54, 1.807) is 7.11 Å². The Bertz CT molecular complexity index is 373. The van der Waals surface area contributed by atoms with Crippen LogP contribution in [0.5, 0.6) is 11.5 Å². The summed E-state index contributed by atoms with van der Waals surface area (Å²) in [5.41, 5.74) is 0.395. The molecule has 0 saturated heterocycles. The van der Waals surface area contributed by atoms with Gasteiger partial charge in [0.1, 0.15) is 11.5 Å². The van der Waals surface area contributed by atoms with Gasteiger partial charge in [0.05, 0.1) is 13.7 Å². The van der Waals surface area contributed by atoms with E-state index in [4.69, 9.17) is 9.47 Å². The van der Waals surface area contributed by atoms with Gasteiger partial charge in [-0.2, -0.15) is 0 Å². The highest BCUT2D eigenvalue weighted by molar-refractivity contribution is 9.09. The minimum Gasteiger partial charge on any atom is -0.497 e. The summed E-state index contributed by atoms with van der Waals surface area (Å²) in [4.78, 5) is 0. The topological polar surface area (TPSA) is 18.5 Å². The van der Waals surface area contributed by atoms with Crippen molar-refractivity contribution in [3.8, 4) is 11.5 Å². The first-order valence-electron chi connectivity index (χ1n) is 6.51. The van der Waals surface area contributed by atoms with Crippen LogP contribution >= 0.6 is 15.9 Å². The van der Waals surface area contributed by atoms with Crippen molar-refractivity contribution >= 4 is 15.9 Å². The lowest BCUT2D eigenvalue weighted by molar-refractivity contribution is 0.210. The van der Waals surface area contributed by atoms with Gasteiger partial charge < -0.3 is 9.47 Å². The molecule has 100 valence electrons. The Morgan fingerprint density at radius 2 is 1.83 bits per heavy atom. The molecule has 1 saturated carbocycles. The molecule has 0 aliphatic heterocycles. The van der Waals surface area contributed by atoms with Crippen LogP contribution in [0.15, 0.2) is 24.3 Å². The van der Waals surface area contributed by atoms with E-state index < -0.39 is 0 Å². The molecule has 0 bridgehead atoms. The molecular formula is C15H21BrO2. The largest absolute Gasteiger partial charge is 0.497 e. The number of benzene rings is 1. The number of hydrogen-bond donors (Lipinski definition) is 0. The third-order valence-corrected chi connectivity index (χ3v) is 5.15. The molecule has 1 aliphatic carbocycles. The Hall–Kier alpha value is -0.700. The number of rotatable bonds is 7. The van der Waals surface area contributed by atoms with Crippen LogP contribution in [-0.2, 0) is 0 Å². The number of alkyl halides is 1. The van der Waals surface area contributed by atoms with Gasteiger partial charge >= 0.3 is 0 Å². The van der Waals surface area contributed by atoms with Gasteiger partial charge in [0.15, 0.2) is 0 Å². The molecule has 0 radical (unpaired) electrons. The lowest BCUT2D eigenvalue weighted by atomic mass is 9.84. The third-order valence-electron chi connectivity index (χ3n) is 3.87. The van der Waals surface area contributed by atoms with Gasteiger partial charge in [-0.05, 0) is 54.9 Å². The average Bonchev–Trinajstić information content (AvgIpc) is 3.24. The predicted octanol–water partition coefficient (Wildman–Crippen LogP) is 4.28. The van der Waals surface area contributed by atoms with Gasteiger partial charge in [-0.3, -0.25) is 0 Å². The van der Waals surface area contributed by atoms with Crippen molar-refractivity contribution in [2.45, 2.75) is 26.2 Å². The van der Waals surface area contributed by atoms with Crippen molar-refractivity contribution in [3.63, 3.8) is 0 Å². The van der Waals surface area contributed by atoms with E-state index in [-0.39, 0.29) is 0 Å². The number of halogens is 1. The molecule has 0 spiro atoms. The standard InChI is InChI=1S/C15H21BrO2/c1-15(11-16,12-3-4-12)9-10-18-14-7-5-13(17-2)6-8-14/h5-8,12H,3-4,9-11H2,1-2H3. The summed E-state index contributed by atoms with van der Waals surface area (Å²) in [5, 5.41) is 1.07. The van der Waals surface area contributed by atoms with Crippen LogP contribution in [0.1, 0.15) is 26.2 Å². The Morgan fingerprint density at radius 3 is 2.33 bits per heavy atom. The van der Waals surface area contributed by atoms with Crippen molar-refractivity contribution < 1.29 is 9.47 Å². The van der Waals surface area contributed by atoms with Gasteiger partial charge in [-0.15, -0.1) is 0 Å². The summed E-state index contributed by atoms with van der Waals surface area (Å²) in [7, 11) is 1.67. The second kappa shape index (κ2) is 5.96. The molecule has 0 heterocycles. The summed E-state index contributed by atoms with van der Waals surface area (Å²) in [6.07, 6.45) is 3.87. The maximum atomic E-state index is 5.80. The second-order valence-electron chi connectivity index (χ2n) is 5.34. The molecule has 1 aromatic rings. The van der Waals surface area contributed by atoms with Crippen LogP contribution in [-0.4, -0.2) is 19.0 Å². The summed E-state index contributed by atoms with van der Waals surface area (Å²) in [6.45, 7) is 3.14. The highest BCUT2D eigenvalue weighted by Gasteiger charge is 2.40. The number of methoxy groups -OCH3 is 1. The van der Waals surface area contributed by atoms with E-state index in [9.17, 15) is 0 Å². The van der Waals surface area contributed by atoms with Crippen LogP contribution in [0.3, 0.4) is 0 Å². The Balaban J connectivity index is 1.80. The molecule has 1 unspecified atom stereocenters. The first kappa shape index (κ1) is 13.7. The monoisotopic (exact) mass is 312 g/mol. The zero-order valence-electron chi connectivity index (χ0n) is 11.1. The fourth-order valence-corrected chi connectivity index (χ4v) is 2.97. The highest BCUT2D eigenvalue weighted by atomic mass is 79.9. The maximum absolute atomic E-state index is 5.80. The summed E-state index contributed by atoms with van der Waals surface area (Å²) < 4.78 is 10.9. The SMILES string of the molecule is COc1ccc(OCCC(C)(CBr)C2CC2)cc1. The molecule has 0 aromatic heterocycles. The van der Waals surface area contributed by atoms with Gasteiger partial charge in [0.25, 0.3) is 0 Å². The van der Waals surface area contributed by atoms with Crippen molar-refractivity contribution in [1.29, 1.82) is 0 Å². The Morgan fingerprint density at radius 1 is 1.22 bits per heavy atom. The van der Waals surface area contributed by atoms with E-state index >= 15 is 0 Å². The first-order valence-corrected chi connectivity index (χ1v) is 7.63. The first-order chi connectivity index (χ1) is 8.68. The second-order valence-corrected chi connectivity index (χ2v) is 5.90. The van der Waals surface area contributed by atoms with Gasteiger partial charge in [0.2, 0.25) is 0 Å². The van der Waals surface area contributed by atoms with Crippen molar-refractivity contribution in [3.05, 3.63) is 24.3 Å². The molecule has 1 atom stereocenters. The molecule has 0 amide bonds. The van der Waals surface area contributed by atoms with E-state index in [1.807, 2.05) is 24.3 Å². The van der Waals surface area contributed by atoms with Crippen LogP contribution in [0.2, 0.25) is 0 Å². The Labute approximate surface area is 118 Å². The lowest BCUT2D eigenvalue weighted by Crippen LogP contribution is -2.24. The Kier molecular flexibility index (Phi) is 4.55. The maximum Gasteiger partial charge on any atom is 0.119 e. The predicted molar refractivity (Wildman–Crippen MR) is 77.7 cm³/mol. The van der Waals surface area contributed by atoms with E-state index in [2.05, 4.69) is 22.9 Å². The zero-order valence-corrected chi connectivity index (χ0v) is 12.7. The summed E-state index contributed by atoms with van der Waals surface area (Å²) in [6, 6.07) is 7.78. The number of hydrogen-bond acceptors (Lipinski definition) is 2. The number of ether oxygens (including phenoxy) is 2. The molecule has 2 nitrogen and oxygen atoms in total. The average molecular weight is 313 g/mol. The molecule has 3 heteroatoms. The van der Waals surface area contributed by atoms with Gasteiger partial charge in [-0.25, -0.2) is 0 Å². The van der Waals surface area contributed by atoms with Crippen LogP contribution in [0.4, 0.5) is 0 Å². The van der Waals surface area contributed by atoms with E-state index in [1.165, 1.54) is 12.8 Å².